The standard InChI is InChI=1S/C14H25NO3/c1-11-5-4-7-15(8-6-11)12(16)9-14(2,3)10-13(17)18/h11H,4-10H2,1-3H3,(H,17,18). The Balaban J connectivity index is 2.51. The maximum atomic E-state index is 12.2. The molecule has 18 heavy (non-hydrogen) atoms. The minimum atomic E-state index is -0.836. The number of aliphatic carboxylic acids is 1. The molecule has 0 aromatic carbocycles. The molecule has 1 atom stereocenters. The zero-order chi connectivity index (χ0) is 13.8. The molecule has 1 aliphatic heterocycles. The summed E-state index contributed by atoms with van der Waals surface area (Å²) in [5.41, 5.74) is -0.458. The quantitative estimate of drug-likeness (QED) is 0.839. The number of carbonyl (C=O) groups excluding carboxylic acids is 1. The number of carboxylic acids is 1. The highest BCUT2D eigenvalue weighted by Gasteiger charge is 2.28. The lowest BCUT2D eigenvalue weighted by Gasteiger charge is -2.27. The van der Waals surface area contributed by atoms with Gasteiger partial charge >= 0.3 is 5.97 Å². The number of nitrogens with zero attached hydrogens (tertiary/aromatic N) is 1. The van der Waals surface area contributed by atoms with Crippen molar-refractivity contribution in [2.24, 2.45) is 11.3 Å². The summed E-state index contributed by atoms with van der Waals surface area (Å²) in [6.07, 6.45) is 3.68. The zero-order valence-corrected chi connectivity index (χ0v) is 11.7. The van der Waals surface area contributed by atoms with Gasteiger partial charge in [0.15, 0.2) is 0 Å². The highest BCUT2D eigenvalue weighted by atomic mass is 16.4. The summed E-state index contributed by atoms with van der Waals surface area (Å²) in [6.45, 7) is 7.57. The van der Waals surface area contributed by atoms with Gasteiger partial charge < -0.3 is 10.0 Å². The summed E-state index contributed by atoms with van der Waals surface area (Å²) in [5, 5.41) is 8.83. The second-order valence-electron chi connectivity index (χ2n) is 6.33. The molecule has 0 bridgehead atoms. The Labute approximate surface area is 109 Å². The van der Waals surface area contributed by atoms with Crippen LogP contribution in [-0.2, 0) is 9.59 Å². The summed E-state index contributed by atoms with van der Waals surface area (Å²) in [6, 6.07) is 0. The average molecular weight is 255 g/mol. The summed E-state index contributed by atoms with van der Waals surface area (Å²) in [7, 11) is 0. The molecule has 1 unspecified atom stereocenters. The number of hydrogen-bond donors (Lipinski definition) is 1. The van der Waals surface area contributed by atoms with Crippen LogP contribution < -0.4 is 0 Å². The molecule has 0 spiro atoms. The van der Waals surface area contributed by atoms with Crippen LogP contribution in [0.15, 0.2) is 0 Å². The van der Waals surface area contributed by atoms with E-state index in [4.69, 9.17) is 5.11 Å². The van der Waals surface area contributed by atoms with Gasteiger partial charge in [-0.2, -0.15) is 0 Å². The van der Waals surface area contributed by atoms with Crippen molar-refractivity contribution < 1.29 is 14.7 Å². The highest BCUT2D eigenvalue weighted by molar-refractivity contribution is 5.78. The van der Waals surface area contributed by atoms with Gasteiger partial charge in [-0.3, -0.25) is 9.59 Å². The van der Waals surface area contributed by atoms with Crippen molar-refractivity contribution in [3.63, 3.8) is 0 Å². The molecule has 1 heterocycles. The van der Waals surface area contributed by atoms with Gasteiger partial charge in [-0.25, -0.2) is 0 Å². The summed E-state index contributed by atoms with van der Waals surface area (Å²) < 4.78 is 0. The number of carbonyl (C=O) groups is 2. The minimum absolute atomic E-state index is 0.0446. The van der Waals surface area contributed by atoms with Crippen LogP contribution in [0.5, 0.6) is 0 Å². The SMILES string of the molecule is CC1CCCN(C(=O)CC(C)(C)CC(=O)O)CC1. The van der Waals surface area contributed by atoms with Crippen LogP contribution in [-0.4, -0.2) is 35.0 Å². The lowest BCUT2D eigenvalue weighted by molar-refractivity contribution is -0.140. The van der Waals surface area contributed by atoms with Crippen LogP contribution in [0.25, 0.3) is 0 Å². The van der Waals surface area contributed by atoms with Gasteiger partial charge in [0.2, 0.25) is 5.91 Å². The van der Waals surface area contributed by atoms with Crippen LogP contribution in [0, 0.1) is 11.3 Å². The van der Waals surface area contributed by atoms with E-state index in [2.05, 4.69) is 6.92 Å². The molecule has 0 aromatic heterocycles. The molecule has 0 radical (unpaired) electrons. The van der Waals surface area contributed by atoms with E-state index in [0.717, 1.165) is 25.9 Å². The first-order valence-electron chi connectivity index (χ1n) is 6.80. The van der Waals surface area contributed by atoms with Crippen LogP contribution >= 0.6 is 0 Å². The van der Waals surface area contributed by atoms with Crippen molar-refractivity contribution >= 4 is 11.9 Å². The Morgan fingerprint density at radius 3 is 2.50 bits per heavy atom. The summed E-state index contributed by atoms with van der Waals surface area (Å²) >= 11 is 0. The van der Waals surface area contributed by atoms with Crippen molar-refractivity contribution in [1.82, 2.24) is 4.90 Å². The number of amides is 1. The second-order valence-corrected chi connectivity index (χ2v) is 6.33. The predicted molar refractivity (Wildman–Crippen MR) is 70.2 cm³/mol. The Morgan fingerprint density at radius 2 is 1.89 bits per heavy atom. The molecule has 1 saturated heterocycles. The normalized spacial score (nSPS) is 21.5. The average Bonchev–Trinajstić information content (AvgIpc) is 2.39. The van der Waals surface area contributed by atoms with E-state index in [1.165, 1.54) is 6.42 Å². The highest BCUT2D eigenvalue weighted by Crippen LogP contribution is 2.27. The molecular weight excluding hydrogens is 230 g/mol. The molecule has 104 valence electrons. The summed E-state index contributed by atoms with van der Waals surface area (Å²) in [5.74, 6) is -0.0394. The monoisotopic (exact) mass is 255 g/mol. The van der Waals surface area contributed by atoms with E-state index in [9.17, 15) is 9.59 Å². The van der Waals surface area contributed by atoms with Gasteiger partial charge in [-0.15, -0.1) is 0 Å². The smallest absolute Gasteiger partial charge is 0.303 e. The van der Waals surface area contributed by atoms with Crippen molar-refractivity contribution in [3.05, 3.63) is 0 Å². The molecule has 4 heteroatoms. The number of likely N-dealkylation sites (tertiary alicyclic amines) is 1. The predicted octanol–water partition coefficient (Wildman–Crippen LogP) is 2.53. The molecule has 1 amide bonds. The fraction of sp³-hybridized carbons (Fsp3) is 0.857. The third-order valence-corrected chi connectivity index (χ3v) is 3.63. The molecule has 1 aliphatic rings. The first-order valence-corrected chi connectivity index (χ1v) is 6.80. The van der Waals surface area contributed by atoms with E-state index < -0.39 is 11.4 Å². The van der Waals surface area contributed by atoms with Gasteiger partial charge in [-0.05, 0) is 30.6 Å². The van der Waals surface area contributed by atoms with Crippen LogP contribution in [0.2, 0.25) is 0 Å². The van der Waals surface area contributed by atoms with Crippen molar-refractivity contribution in [1.29, 1.82) is 0 Å². The number of rotatable bonds is 4. The molecule has 4 nitrogen and oxygen atoms in total. The molecule has 1 fully saturated rings. The molecule has 0 aromatic rings. The Bertz CT molecular complexity index is 312. The maximum absolute atomic E-state index is 12.2. The topological polar surface area (TPSA) is 57.6 Å². The fourth-order valence-electron chi connectivity index (χ4n) is 2.51. The molecule has 0 aliphatic carbocycles. The largest absolute Gasteiger partial charge is 0.481 e. The van der Waals surface area contributed by atoms with Gasteiger partial charge in [0.05, 0.1) is 6.42 Å². The third kappa shape index (κ3) is 5.07. The molecular formula is C14H25NO3. The molecule has 1 rings (SSSR count). The van der Waals surface area contributed by atoms with Gasteiger partial charge in [0.1, 0.15) is 0 Å². The van der Waals surface area contributed by atoms with Crippen LogP contribution in [0.3, 0.4) is 0 Å². The molecule has 0 saturated carbocycles. The van der Waals surface area contributed by atoms with Gasteiger partial charge in [-0.1, -0.05) is 20.8 Å². The minimum Gasteiger partial charge on any atom is -0.481 e. The maximum Gasteiger partial charge on any atom is 0.303 e. The van der Waals surface area contributed by atoms with Crippen LogP contribution in [0.1, 0.15) is 52.9 Å². The van der Waals surface area contributed by atoms with Crippen molar-refractivity contribution in [2.45, 2.75) is 52.9 Å². The zero-order valence-electron chi connectivity index (χ0n) is 11.7. The lowest BCUT2D eigenvalue weighted by atomic mass is 9.85. The number of carboxylic acid groups (broad SMARTS) is 1. The van der Waals surface area contributed by atoms with Gasteiger partial charge in [0, 0.05) is 19.5 Å². The Morgan fingerprint density at radius 1 is 1.22 bits per heavy atom. The third-order valence-electron chi connectivity index (χ3n) is 3.63. The van der Waals surface area contributed by atoms with E-state index in [0.29, 0.717) is 12.3 Å². The first-order chi connectivity index (χ1) is 8.30. The van der Waals surface area contributed by atoms with E-state index >= 15 is 0 Å². The summed E-state index contributed by atoms with van der Waals surface area (Å²) in [4.78, 5) is 24.8. The van der Waals surface area contributed by atoms with Crippen molar-refractivity contribution in [2.75, 3.05) is 13.1 Å². The van der Waals surface area contributed by atoms with Crippen molar-refractivity contribution in [3.8, 4) is 0 Å². The first kappa shape index (κ1) is 15.0. The Hall–Kier alpha value is -1.06. The van der Waals surface area contributed by atoms with E-state index in [1.807, 2.05) is 18.7 Å². The fourth-order valence-corrected chi connectivity index (χ4v) is 2.51. The van der Waals surface area contributed by atoms with E-state index in [-0.39, 0.29) is 12.3 Å². The lowest BCUT2D eigenvalue weighted by Crippen LogP contribution is -2.35. The second kappa shape index (κ2) is 6.21. The molecule has 1 N–H and O–H groups in total. The van der Waals surface area contributed by atoms with Crippen LogP contribution in [0.4, 0.5) is 0 Å². The van der Waals surface area contributed by atoms with E-state index in [1.54, 1.807) is 0 Å². The van der Waals surface area contributed by atoms with Gasteiger partial charge in [0.25, 0.3) is 0 Å². The Kier molecular flexibility index (Phi) is 5.17. The number of hydrogen-bond acceptors (Lipinski definition) is 2.